The lowest BCUT2D eigenvalue weighted by molar-refractivity contribution is 1.41. The Morgan fingerprint density at radius 1 is 1.33 bits per heavy atom. The molecule has 0 aromatic rings. The van der Waals surface area contributed by atoms with Crippen molar-refractivity contribution in [2.45, 2.75) is 6.42 Å². The molecule has 0 saturated heterocycles. The van der Waals surface area contributed by atoms with E-state index in [1.807, 2.05) is 0 Å². The highest BCUT2D eigenvalue weighted by atomic mass is 14.3. The molecule has 0 heteroatoms. The first kappa shape index (κ1) is 3.89. The van der Waals surface area contributed by atoms with Crippen LogP contribution in [0.1, 0.15) is 6.42 Å². The van der Waals surface area contributed by atoms with Gasteiger partial charge in [-0.15, -0.1) is 0 Å². The lowest BCUT2D eigenvalue weighted by Gasteiger charge is -1.94. The molecule has 9 heavy (non-hydrogen) atoms. The minimum Gasteiger partial charge on any atom is -0.0610 e. The lowest BCUT2D eigenvalue weighted by atomic mass is 10.1. The van der Waals surface area contributed by atoms with Gasteiger partial charge in [-0.1, -0.05) is 24.3 Å². The molecule has 0 unspecified atom stereocenters. The molecule has 3 rings (SSSR count). The fourth-order valence-corrected chi connectivity index (χ4v) is 1.58. The van der Waals surface area contributed by atoms with Crippen molar-refractivity contribution in [2.75, 3.05) is 0 Å². The van der Waals surface area contributed by atoms with Crippen LogP contribution in [-0.2, 0) is 0 Å². The number of fused-ring (bicyclic) bond motifs is 2. The summed E-state index contributed by atoms with van der Waals surface area (Å²) in [5, 5.41) is 0. The maximum Gasteiger partial charge on any atom is -0.00135 e. The second-order valence-electron chi connectivity index (χ2n) is 2.72. The SMILES string of the molecule is C1=CC2=CC3=C(C3)C2=C1. The summed E-state index contributed by atoms with van der Waals surface area (Å²) < 4.78 is 0. The van der Waals surface area contributed by atoms with Gasteiger partial charge in [0, 0.05) is 0 Å². The fraction of sp³-hybridized carbons (Fsp3) is 0.111. The van der Waals surface area contributed by atoms with Crippen LogP contribution in [0, 0.1) is 0 Å². The van der Waals surface area contributed by atoms with E-state index in [9.17, 15) is 0 Å². The zero-order valence-corrected chi connectivity index (χ0v) is 5.02. The Bertz CT molecular complexity index is 305. The molecule has 0 amide bonds. The molecule has 3 aliphatic carbocycles. The van der Waals surface area contributed by atoms with Gasteiger partial charge in [0.15, 0.2) is 0 Å². The van der Waals surface area contributed by atoms with Crippen molar-refractivity contribution < 1.29 is 0 Å². The third-order valence-corrected chi connectivity index (χ3v) is 2.13. The minimum absolute atomic E-state index is 1.26. The summed E-state index contributed by atoms with van der Waals surface area (Å²) in [5.74, 6) is 0. The van der Waals surface area contributed by atoms with Gasteiger partial charge in [0.1, 0.15) is 0 Å². The van der Waals surface area contributed by atoms with E-state index < -0.39 is 0 Å². The molecule has 42 valence electrons. The summed E-state index contributed by atoms with van der Waals surface area (Å²) >= 11 is 0. The Kier molecular flexibility index (Phi) is 0.419. The van der Waals surface area contributed by atoms with E-state index in [4.69, 9.17) is 0 Å². The van der Waals surface area contributed by atoms with Gasteiger partial charge in [-0.05, 0) is 28.7 Å². The van der Waals surface area contributed by atoms with Crippen molar-refractivity contribution in [3.05, 3.63) is 46.6 Å². The third kappa shape index (κ3) is 0.325. The van der Waals surface area contributed by atoms with Gasteiger partial charge < -0.3 is 0 Å². The highest BCUT2D eigenvalue weighted by Gasteiger charge is 2.31. The normalized spacial score (nSPS) is 25.8. The van der Waals surface area contributed by atoms with E-state index in [-0.39, 0.29) is 0 Å². The van der Waals surface area contributed by atoms with E-state index in [2.05, 4.69) is 24.3 Å². The molecule has 0 N–H and O–H groups in total. The van der Waals surface area contributed by atoms with Crippen LogP contribution >= 0.6 is 0 Å². The summed E-state index contributed by atoms with van der Waals surface area (Å²) in [5.41, 5.74) is 6.09. The van der Waals surface area contributed by atoms with E-state index in [1.165, 1.54) is 17.6 Å². The maximum absolute atomic E-state index is 2.30. The second-order valence-corrected chi connectivity index (χ2v) is 2.72. The van der Waals surface area contributed by atoms with Crippen molar-refractivity contribution in [3.8, 4) is 0 Å². The molecule has 0 nitrogen and oxygen atoms in total. The van der Waals surface area contributed by atoms with Crippen LogP contribution in [0.4, 0.5) is 0 Å². The molecule has 0 aromatic heterocycles. The van der Waals surface area contributed by atoms with Crippen molar-refractivity contribution >= 4 is 0 Å². The van der Waals surface area contributed by atoms with Crippen molar-refractivity contribution in [1.82, 2.24) is 0 Å². The van der Waals surface area contributed by atoms with Crippen molar-refractivity contribution in [3.63, 3.8) is 0 Å². The lowest BCUT2D eigenvalue weighted by Crippen LogP contribution is -1.76. The summed E-state index contributed by atoms with van der Waals surface area (Å²) in [6.45, 7) is 0. The number of rotatable bonds is 0. The van der Waals surface area contributed by atoms with Crippen LogP contribution < -0.4 is 0 Å². The zero-order valence-electron chi connectivity index (χ0n) is 5.02. The van der Waals surface area contributed by atoms with Crippen LogP contribution in [0.2, 0.25) is 0 Å². The summed E-state index contributed by atoms with van der Waals surface area (Å²) in [7, 11) is 0. The molecule has 0 fully saturated rings. The van der Waals surface area contributed by atoms with Gasteiger partial charge in [0.2, 0.25) is 0 Å². The Hall–Kier alpha value is -1.04. The van der Waals surface area contributed by atoms with Gasteiger partial charge in [-0.2, -0.15) is 0 Å². The van der Waals surface area contributed by atoms with Crippen LogP contribution in [0.25, 0.3) is 0 Å². The number of hydrogen-bond acceptors (Lipinski definition) is 0. The smallest absolute Gasteiger partial charge is 0.00135 e. The summed E-state index contributed by atoms with van der Waals surface area (Å²) in [6.07, 6.45) is 10.1. The Balaban J connectivity index is 2.32. The highest BCUT2D eigenvalue weighted by molar-refractivity contribution is 5.75. The van der Waals surface area contributed by atoms with E-state index in [1.54, 1.807) is 11.1 Å². The highest BCUT2D eigenvalue weighted by Crippen LogP contribution is 2.49. The average Bonchev–Trinajstić information content (AvgIpc) is 2.38. The largest absolute Gasteiger partial charge is 0.0610 e. The predicted octanol–water partition coefficient (Wildman–Crippen LogP) is 2.12. The molecule has 0 saturated carbocycles. The van der Waals surface area contributed by atoms with E-state index in [0.29, 0.717) is 0 Å². The monoisotopic (exact) mass is 114 g/mol. The molecule has 0 atom stereocenters. The first-order valence-corrected chi connectivity index (χ1v) is 3.28. The molecular weight excluding hydrogens is 108 g/mol. The van der Waals surface area contributed by atoms with E-state index >= 15 is 0 Å². The molecule has 0 aliphatic heterocycles. The number of hydrogen-bond donors (Lipinski definition) is 0. The Morgan fingerprint density at radius 2 is 2.33 bits per heavy atom. The third-order valence-electron chi connectivity index (χ3n) is 2.13. The van der Waals surface area contributed by atoms with Crippen molar-refractivity contribution in [2.24, 2.45) is 0 Å². The van der Waals surface area contributed by atoms with Gasteiger partial charge in [-0.25, -0.2) is 0 Å². The molecule has 0 bridgehead atoms. The molecule has 0 heterocycles. The maximum atomic E-state index is 2.30. The van der Waals surface area contributed by atoms with Crippen molar-refractivity contribution in [1.29, 1.82) is 0 Å². The first-order chi connectivity index (χ1) is 4.45. The molecule has 3 aliphatic rings. The summed E-state index contributed by atoms with van der Waals surface area (Å²) in [6, 6.07) is 0. The molecule has 0 aromatic carbocycles. The topological polar surface area (TPSA) is 0 Å². The van der Waals surface area contributed by atoms with Gasteiger partial charge >= 0.3 is 0 Å². The second kappa shape index (κ2) is 0.971. The number of allylic oxidation sites excluding steroid dienone is 8. The van der Waals surface area contributed by atoms with E-state index in [0.717, 1.165) is 0 Å². The van der Waals surface area contributed by atoms with Gasteiger partial charge in [0.25, 0.3) is 0 Å². The fourth-order valence-electron chi connectivity index (χ4n) is 1.58. The minimum atomic E-state index is 1.26. The quantitative estimate of drug-likeness (QED) is 0.452. The molecule has 0 radical (unpaired) electrons. The van der Waals surface area contributed by atoms with Crippen LogP contribution in [0.5, 0.6) is 0 Å². The summed E-state index contributed by atoms with van der Waals surface area (Å²) in [4.78, 5) is 0. The van der Waals surface area contributed by atoms with Gasteiger partial charge in [-0.3, -0.25) is 0 Å². The molecular formula is C9H6. The Morgan fingerprint density at radius 3 is 3.22 bits per heavy atom. The van der Waals surface area contributed by atoms with Crippen LogP contribution in [0.15, 0.2) is 46.6 Å². The first-order valence-electron chi connectivity index (χ1n) is 3.28. The van der Waals surface area contributed by atoms with Gasteiger partial charge in [0.05, 0.1) is 0 Å². The Labute approximate surface area is 53.9 Å². The standard InChI is InChI=1S/C9H6/c1-2-6-4-7-5-9(7)8(6)3-1/h1-4H,5H2. The molecule has 0 spiro atoms. The van der Waals surface area contributed by atoms with Crippen LogP contribution in [0.3, 0.4) is 0 Å². The zero-order chi connectivity index (χ0) is 5.84. The predicted molar refractivity (Wildman–Crippen MR) is 36.9 cm³/mol. The average molecular weight is 114 g/mol. The van der Waals surface area contributed by atoms with Crippen LogP contribution in [-0.4, -0.2) is 0 Å².